The molecule has 5 nitrogen and oxygen atoms in total. The van der Waals surface area contributed by atoms with Crippen molar-refractivity contribution in [2.75, 3.05) is 7.11 Å². The lowest BCUT2D eigenvalue weighted by Gasteiger charge is -2.14. The molecule has 0 spiro atoms. The van der Waals surface area contributed by atoms with Crippen LogP contribution >= 0.6 is 0 Å². The van der Waals surface area contributed by atoms with Crippen molar-refractivity contribution in [1.29, 1.82) is 0 Å². The molecule has 1 aromatic carbocycles. The van der Waals surface area contributed by atoms with Crippen molar-refractivity contribution < 1.29 is 23.9 Å². The number of halogens is 1. The first-order chi connectivity index (χ1) is 8.46. The largest absolute Gasteiger partial charge is 0.494 e. The molecule has 1 aliphatic heterocycles. The third-order valence-electron chi connectivity index (χ3n) is 2.80. The second kappa shape index (κ2) is 4.29. The van der Waals surface area contributed by atoms with E-state index < -0.39 is 17.4 Å². The van der Waals surface area contributed by atoms with Gasteiger partial charge in [-0.3, -0.25) is 0 Å². The average molecular weight is 253 g/mol. The number of carbonyl (C=O) groups is 1. The Labute approximate surface area is 103 Å². The molecule has 0 aliphatic carbocycles. The Morgan fingerprint density at radius 3 is 2.89 bits per heavy atom. The average Bonchev–Trinajstić information content (AvgIpc) is 2.74. The first-order valence-corrected chi connectivity index (χ1v) is 5.28. The van der Waals surface area contributed by atoms with Crippen molar-refractivity contribution in [2.24, 2.45) is 5.16 Å². The lowest BCUT2D eigenvalue weighted by molar-refractivity contribution is -0.160. The maximum Gasteiger partial charge on any atom is 0.351 e. The Balaban J connectivity index is 2.27. The summed E-state index contributed by atoms with van der Waals surface area (Å²) in [5.74, 6) is -1.49. The van der Waals surface area contributed by atoms with Gasteiger partial charge in [-0.05, 0) is 25.1 Å². The Hall–Kier alpha value is -2.11. The molecule has 0 bridgehead atoms. The van der Waals surface area contributed by atoms with Crippen LogP contribution in [-0.4, -0.2) is 29.5 Å². The number of carboxylic acid groups (broad SMARTS) is 1. The number of methoxy groups -OCH3 is 1. The van der Waals surface area contributed by atoms with Gasteiger partial charge in [0.1, 0.15) is 0 Å². The van der Waals surface area contributed by atoms with Gasteiger partial charge < -0.3 is 14.7 Å². The first kappa shape index (κ1) is 12.3. The van der Waals surface area contributed by atoms with Crippen LogP contribution in [0.1, 0.15) is 18.9 Å². The van der Waals surface area contributed by atoms with E-state index in [1.807, 2.05) is 0 Å². The van der Waals surface area contributed by atoms with Gasteiger partial charge in [-0.25, -0.2) is 9.18 Å². The number of hydrogen-bond acceptors (Lipinski definition) is 4. The monoisotopic (exact) mass is 253 g/mol. The van der Waals surface area contributed by atoms with Gasteiger partial charge in [0.25, 0.3) is 0 Å². The van der Waals surface area contributed by atoms with Crippen molar-refractivity contribution in [2.45, 2.75) is 18.9 Å². The molecule has 0 fully saturated rings. The fourth-order valence-corrected chi connectivity index (χ4v) is 1.65. The fraction of sp³-hybridized carbons (Fsp3) is 0.333. The summed E-state index contributed by atoms with van der Waals surface area (Å²) < 4.78 is 18.1. The molecule has 1 atom stereocenters. The Morgan fingerprint density at radius 2 is 2.33 bits per heavy atom. The molecule has 1 heterocycles. The Morgan fingerprint density at radius 1 is 1.61 bits per heavy atom. The van der Waals surface area contributed by atoms with Crippen molar-refractivity contribution in [3.63, 3.8) is 0 Å². The summed E-state index contributed by atoms with van der Waals surface area (Å²) >= 11 is 0. The van der Waals surface area contributed by atoms with Crippen LogP contribution in [0, 0.1) is 5.82 Å². The van der Waals surface area contributed by atoms with Crippen LogP contribution in [0.3, 0.4) is 0 Å². The van der Waals surface area contributed by atoms with Crippen LogP contribution in [-0.2, 0) is 9.63 Å². The molecule has 96 valence electrons. The van der Waals surface area contributed by atoms with Gasteiger partial charge in [0, 0.05) is 12.0 Å². The zero-order chi connectivity index (χ0) is 13.3. The topological polar surface area (TPSA) is 68.1 Å². The minimum absolute atomic E-state index is 0.0825. The number of carboxylic acids is 1. The molecule has 0 saturated carbocycles. The number of nitrogens with zero attached hydrogens (tertiary/aromatic N) is 1. The summed E-state index contributed by atoms with van der Waals surface area (Å²) in [4.78, 5) is 15.9. The fourth-order valence-electron chi connectivity index (χ4n) is 1.65. The third kappa shape index (κ3) is 2.01. The molecule has 1 aromatic rings. The van der Waals surface area contributed by atoms with Gasteiger partial charge in [-0.15, -0.1) is 0 Å². The summed E-state index contributed by atoms with van der Waals surface area (Å²) in [6.07, 6.45) is 0.122. The highest BCUT2D eigenvalue weighted by Crippen LogP contribution is 2.28. The SMILES string of the molecule is COc1cc(C2=NOC(C)(C(=O)O)C2)ccc1F. The van der Waals surface area contributed by atoms with E-state index in [2.05, 4.69) is 5.16 Å². The van der Waals surface area contributed by atoms with Crippen molar-refractivity contribution in [1.82, 2.24) is 0 Å². The van der Waals surface area contributed by atoms with Crippen LogP contribution in [0.25, 0.3) is 0 Å². The van der Waals surface area contributed by atoms with E-state index in [1.54, 1.807) is 0 Å². The second-order valence-electron chi connectivity index (χ2n) is 4.19. The van der Waals surface area contributed by atoms with Gasteiger partial charge in [-0.2, -0.15) is 0 Å². The van der Waals surface area contributed by atoms with Gasteiger partial charge in [-0.1, -0.05) is 5.16 Å². The number of oxime groups is 1. The van der Waals surface area contributed by atoms with E-state index in [1.165, 1.54) is 32.2 Å². The normalized spacial score (nSPS) is 22.3. The predicted molar refractivity (Wildman–Crippen MR) is 61.2 cm³/mol. The smallest absolute Gasteiger partial charge is 0.351 e. The molecule has 0 radical (unpaired) electrons. The number of rotatable bonds is 3. The third-order valence-corrected chi connectivity index (χ3v) is 2.80. The van der Waals surface area contributed by atoms with E-state index in [9.17, 15) is 9.18 Å². The molecular formula is C12H12FNO4. The van der Waals surface area contributed by atoms with Gasteiger partial charge in [0.15, 0.2) is 11.6 Å². The second-order valence-corrected chi connectivity index (χ2v) is 4.19. The standard InChI is InChI=1S/C12H12FNO4/c1-12(11(15)16)6-9(14-18-12)7-3-4-8(13)10(5-7)17-2/h3-5H,6H2,1-2H3,(H,15,16). The van der Waals surface area contributed by atoms with Gasteiger partial charge in [0.05, 0.1) is 12.8 Å². The number of ether oxygens (including phenoxy) is 1. The zero-order valence-corrected chi connectivity index (χ0v) is 9.94. The molecule has 2 rings (SSSR count). The minimum Gasteiger partial charge on any atom is -0.494 e. The predicted octanol–water partition coefficient (Wildman–Crippen LogP) is 1.80. The number of aliphatic carboxylic acids is 1. The van der Waals surface area contributed by atoms with E-state index in [0.29, 0.717) is 11.3 Å². The van der Waals surface area contributed by atoms with E-state index in [4.69, 9.17) is 14.7 Å². The molecule has 0 aromatic heterocycles. The molecular weight excluding hydrogens is 241 g/mol. The van der Waals surface area contributed by atoms with E-state index >= 15 is 0 Å². The lowest BCUT2D eigenvalue weighted by atomic mass is 9.96. The maximum atomic E-state index is 13.2. The summed E-state index contributed by atoms with van der Waals surface area (Å²) in [6, 6.07) is 4.21. The number of hydrogen-bond donors (Lipinski definition) is 1. The highest BCUT2D eigenvalue weighted by Gasteiger charge is 2.42. The molecule has 1 aliphatic rings. The summed E-state index contributed by atoms with van der Waals surface area (Å²) in [6.45, 7) is 1.44. The molecule has 0 amide bonds. The number of benzene rings is 1. The summed E-state index contributed by atoms with van der Waals surface area (Å²) in [5.41, 5.74) is -0.326. The van der Waals surface area contributed by atoms with Crippen molar-refractivity contribution >= 4 is 11.7 Å². The van der Waals surface area contributed by atoms with Gasteiger partial charge in [0.2, 0.25) is 5.60 Å². The van der Waals surface area contributed by atoms with Gasteiger partial charge >= 0.3 is 5.97 Å². The van der Waals surface area contributed by atoms with E-state index in [0.717, 1.165) is 0 Å². The summed E-state index contributed by atoms with van der Waals surface area (Å²) in [7, 11) is 1.36. The molecule has 6 heteroatoms. The van der Waals surface area contributed by atoms with Crippen LogP contribution in [0.5, 0.6) is 5.75 Å². The molecule has 18 heavy (non-hydrogen) atoms. The molecule has 1 N–H and O–H groups in total. The van der Waals surface area contributed by atoms with Crippen molar-refractivity contribution in [3.05, 3.63) is 29.6 Å². The summed E-state index contributed by atoms with van der Waals surface area (Å²) in [5, 5.41) is 12.7. The van der Waals surface area contributed by atoms with Crippen LogP contribution in [0.15, 0.2) is 23.4 Å². The zero-order valence-electron chi connectivity index (χ0n) is 9.94. The first-order valence-electron chi connectivity index (χ1n) is 5.28. The quantitative estimate of drug-likeness (QED) is 0.891. The van der Waals surface area contributed by atoms with Crippen LogP contribution in [0.4, 0.5) is 4.39 Å². The molecule has 1 unspecified atom stereocenters. The lowest BCUT2D eigenvalue weighted by Crippen LogP contribution is -2.35. The maximum absolute atomic E-state index is 13.2. The van der Waals surface area contributed by atoms with Crippen LogP contribution < -0.4 is 4.74 Å². The highest BCUT2D eigenvalue weighted by molar-refractivity contribution is 6.04. The van der Waals surface area contributed by atoms with Crippen LogP contribution in [0.2, 0.25) is 0 Å². The highest BCUT2D eigenvalue weighted by atomic mass is 19.1. The Bertz CT molecular complexity index is 529. The molecule has 0 saturated heterocycles. The van der Waals surface area contributed by atoms with Crippen molar-refractivity contribution in [3.8, 4) is 5.75 Å². The minimum atomic E-state index is -1.36. The van der Waals surface area contributed by atoms with E-state index in [-0.39, 0.29) is 12.2 Å². The Kier molecular flexibility index (Phi) is 2.94.